The topological polar surface area (TPSA) is 86.8 Å². The fourth-order valence-corrected chi connectivity index (χ4v) is 3.10. The maximum absolute atomic E-state index is 13.3. The van der Waals surface area contributed by atoms with Gasteiger partial charge >= 0.3 is 6.18 Å². The van der Waals surface area contributed by atoms with Crippen molar-refractivity contribution in [2.75, 3.05) is 0 Å². The lowest BCUT2D eigenvalue weighted by molar-refractivity contribution is -0.385. The van der Waals surface area contributed by atoms with Crippen molar-refractivity contribution in [2.24, 2.45) is 5.16 Å². The van der Waals surface area contributed by atoms with Crippen molar-refractivity contribution in [1.82, 2.24) is 4.98 Å². The number of benzene rings is 2. The van der Waals surface area contributed by atoms with Gasteiger partial charge in [0.1, 0.15) is 18.6 Å². The van der Waals surface area contributed by atoms with Gasteiger partial charge in [0.15, 0.2) is 0 Å². The fourth-order valence-electron chi connectivity index (χ4n) is 2.71. The first-order valence-corrected chi connectivity index (χ1v) is 9.91. The SMILES string of the molecule is CC(=NOCc1cccc(Oc2ccc([N+](=O)[O-])cn2)c1Cl)c1cc(Cl)ccc1C(F)(F)F. The van der Waals surface area contributed by atoms with E-state index < -0.39 is 16.7 Å². The zero-order valence-electron chi connectivity index (χ0n) is 16.8. The molecule has 0 saturated carbocycles. The number of oxime groups is 1. The highest BCUT2D eigenvalue weighted by atomic mass is 35.5. The Hall–Kier alpha value is -3.37. The number of ether oxygens (including phenoxy) is 1. The first kappa shape index (κ1) is 24.3. The number of pyridine rings is 1. The van der Waals surface area contributed by atoms with Crippen molar-refractivity contribution in [3.05, 3.63) is 91.6 Å². The van der Waals surface area contributed by atoms with Crippen LogP contribution in [0.2, 0.25) is 10.0 Å². The second-order valence-electron chi connectivity index (χ2n) is 6.58. The van der Waals surface area contributed by atoms with Gasteiger partial charge in [-0.15, -0.1) is 0 Å². The summed E-state index contributed by atoms with van der Waals surface area (Å²) in [5.41, 5.74) is -0.876. The Balaban J connectivity index is 1.74. The molecule has 0 N–H and O–H groups in total. The number of nitro groups is 1. The van der Waals surface area contributed by atoms with Crippen LogP contribution in [-0.4, -0.2) is 15.6 Å². The van der Waals surface area contributed by atoms with E-state index in [1.54, 1.807) is 18.2 Å². The molecule has 0 aliphatic rings. The first-order chi connectivity index (χ1) is 15.6. The molecule has 0 bridgehead atoms. The quantitative estimate of drug-likeness (QED) is 0.197. The Morgan fingerprint density at radius 3 is 2.58 bits per heavy atom. The van der Waals surface area contributed by atoms with Gasteiger partial charge in [-0.2, -0.15) is 13.2 Å². The number of rotatable bonds is 7. The van der Waals surface area contributed by atoms with Gasteiger partial charge in [0.25, 0.3) is 5.69 Å². The average molecular weight is 500 g/mol. The third-order valence-electron chi connectivity index (χ3n) is 4.29. The third kappa shape index (κ3) is 6.11. The molecule has 12 heteroatoms. The molecule has 0 amide bonds. The molecule has 0 atom stereocenters. The van der Waals surface area contributed by atoms with E-state index >= 15 is 0 Å². The number of halogens is 5. The highest BCUT2D eigenvalue weighted by molar-refractivity contribution is 6.32. The fraction of sp³-hybridized carbons (Fsp3) is 0.143. The van der Waals surface area contributed by atoms with Crippen LogP contribution in [0.25, 0.3) is 0 Å². The molecular weight excluding hydrogens is 486 g/mol. The summed E-state index contributed by atoms with van der Waals surface area (Å²) >= 11 is 12.2. The number of hydrogen-bond acceptors (Lipinski definition) is 6. The maximum atomic E-state index is 13.3. The summed E-state index contributed by atoms with van der Waals surface area (Å²) in [6.07, 6.45) is -3.55. The van der Waals surface area contributed by atoms with Crippen LogP contribution < -0.4 is 4.74 Å². The molecular formula is C21H14Cl2F3N3O4. The van der Waals surface area contributed by atoms with Gasteiger partial charge in [-0.05, 0) is 31.2 Å². The van der Waals surface area contributed by atoms with E-state index in [4.69, 9.17) is 32.8 Å². The number of hydrogen-bond donors (Lipinski definition) is 0. The van der Waals surface area contributed by atoms with E-state index in [9.17, 15) is 23.3 Å². The van der Waals surface area contributed by atoms with Gasteiger partial charge in [0, 0.05) is 28.3 Å². The van der Waals surface area contributed by atoms with Crippen molar-refractivity contribution in [3.63, 3.8) is 0 Å². The zero-order valence-corrected chi connectivity index (χ0v) is 18.3. The van der Waals surface area contributed by atoms with Crippen molar-refractivity contribution < 1.29 is 27.7 Å². The lowest BCUT2D eigenvalue weighted by atomic mass is 10.0. The molecule has 0 spiro atoms. The minimum Gasteiger partial charge on any atom is -0.437 e. The normalized spacial score (nSPS) is 11.9. The monoisotopic (exact) mass is 499 g/mol. The summed E-state index contributed by atoms with van der Waals surface area (Å²) in [5.74, 6) is 0.282. The molecule has 7 nitrogen and oxygen atoms in total. The maximum Gasteiger partial charge on any atom is 0.417 e. The highest BCUT2D eigenvalue weighted by Gasteiger charge is 2.34. The summed E-state index contributed by atoms with van der Waals surface area (Å²) < 4.78 is 45.3. The largest absolute Gasteiger partial charge is 0.437 e. The molecule has 0 aliphatic heterocycles. The molecule has 0 saturated heterocycles. The average Bonchev–Trinajstić information content (AvgIpc) is 2.75. The predicted molar refractivity (Wildman–Crippen MR) is 116 cm³/mol. The molecule has 3 rings (SSSR count). The van der Waals surface area contributed by atoms with Gasteiger partial charge in [-0.3, -0.25) is 10.1 Å². The van der Waals surface area contributed by atoms with Crippen LogP contribution in [0, 0.1) is 10.1 Å². The van der Waals surface area contributed by atoms with Crippen molar-refractivity contribution >= 4 is 34.6 Å². The van der Waals surface area contributed by atoms with Gasteiger partial charge in [-0.1, -0.05) is 40.5 Å². The van der Waals surface area contributed by atoms with Crippen molar-refractivity contribution in [3.8, 4) is 11.6 Å². The van der Waals surface area contributed by atoms with Crippen LogP contribution in [0.15, 0.2) is 59.9 Å². The van der Waals surface area contributed by atoms with Crippen LogP contribution >= 0.6 is 23.2 Å². The summed E-state index contributed by atoms with van der Waals surface area (Å²) in [6.45, 7) is 1.20. The van der Waals surface area contributed by atoms with E-state index in [1.807, 2.05) is 0 Å². The molecule has 2 aromatic carbocycles. The molecule has 3 aromatic rings. The molecule has 1 aromatic heterocycles. The van der Waals surface area contributed by atoms with Crippen LogP contribution in [0.5, 0.6) is 11.6 Å². The van der Waals surface area contributed by atoms with E-state index in [2.05, 4.69) is 10.1 Å². The Bertz CT molecular complexity index is 1200. The summed E-state index contributed by atoms with van der Waals surface area (Å²) in [6, 6.07) is 10.5. The van der Waals surface area contributed by atoms with Gasteiger partial charge in [0.2, 0.25) is 5.88 Å². The zero-order chi connectivity index (χ0) is 24.2. The highest BCUT2D eigenvalue weighted by Crippen LogP contribution is 2.34. The molecule has 0 radical (unpaired) electrons. The number of aromatic nitrogens is 1. The van der Waals surface area contributed by atoms with Gasteiger partial charge < -0.3 is 9.57 Å². The van der Waals surface area contributed by atoms with Crippen LogP contribution in [0.1, 0.15) is 23.6 Å². The minimum absolute atomic E-state index is 0.0246. The molecule has 0 fully saturated rings. The molecule has 0 unspecified atom stereocenters. The molecule has 0 aliphatic carbocycles. The van der Waals surface area contributed by atoms with E-state index in [0.29, 0.717) is 5.56 Å². The molecule has 33 heavy (non-hydrogen) atoms. The summed E-state index contributed by atoms with van der Waals surface area (Å²) in [5, 5.41) is 14.8. The van der Waals surface area contributed by atoms with Gasteiger partial charge in [0.05, 0.1) is 21.2 Å². The predicted octanol–water partition coefficient (Wildman–Crippen LogP) is 7.05. The number of nitrogens with zero attached hydrogens (tertiary/aromatic N) is 3. The first-order valence-electron chi connectivity index (χ1n) is 9.15. The second-order valence-corrected chi connectivity index (χ2v) is 7.40. The summed E-state index contributed by atoms with van der Waals surface area (Å²) in [7, 11) is 0. The third-order valence-corrected chi connectivity index (χ3v) is 4.95. The Morgan fingerprint density at radius 1 is 1.18 bits per heavy atom. The van der Waals surface area contributed by atoms with Crippen LogP contribution in [-0.2, 0) is 17.6 Å². The lowest BCUT2D eigenvalue weighted by Gasteiger charge is -2.13. The van der Waals surface area contributed by atoms with Gasteiger partial charge in [-0.25, -0.2) is 4.98 Å². The van der Waals surface area contributed by atoms with Crippen LogP contribution in [0.4, 0.5) is 18.9 Å². The van der Waals surface area contributed by atoms with E-state index in [0.717, 1.165) is 24.4 Å². The van der Waals surface area contributed by atoms with E-state index in [-0.39, 0.29) is 45.2 Å². The summed E-state index contributed by atoms with van der Waals surface area (Å²) in [4.78, 5) is 19.2. The Labute approximate surface area is 195 Å². The van der Waals surface area contributed by atoms with Crippen LogP contribution in [0.3, 0.4) is 0 Å². The molecule has 1 heterocycles. The Morgan fingerprint density at radius 2 is 1.94 bits per heavy atom. The minimum atomic E-state index is -4.59. The van der Waals surface area contributed by atoms with Crippen molar-refractivity contribution in [2.45, 2.75) is 19.7 Å². The second kappa shape index (κ2) is 10.1. The smallest absolute Gasteiger partial charge is 0.417 e. The van der Waals surface area contributed by atoms with E-state index in [1.165, 1.54) is 19.1 Å². The standard InChI is InChI=1S/C21H14Cl2F3N3O4/c1-12(16-9-14(22)5-7-17(16)21(24,25)26)28-32-11-13-3-2-4-18(20(13)23)33-19-8-6-15(10-27-19)29(30)31/h2-10H,11H2,1H3. The molecule has 172 valence electrons. The van der Waals surface area contributed by atoms with Crippen molar-refractivity contribution in [1.29, 1.82) is 0 Å². The lowest BCUT2D eigenvalue weighted by Crippen LogP contribution is -2.12. The number of alkyl halides is 3. The Kier molecular flexibility index (Phi) is 7.39.